The molecule has 188 valence electrons. The van der Waals surface area contributed by atoms with Crippen LogP contribution in [0.2, 0.25) is 0 Å². The van der Waals surface area contributed by atoms with E-state index in [9.17, 15) is 19.6 Å². The topological polar surface area (TPSA) is 114 Å². The lowest BCUT2D eigenvalue weighted by Crippen LogP contribution is -2.43. The number of piperazine rings is 1. The Morgan fingerprint density at radius 2 is 1.92 bits per heavy atom. The van der Waals surface area contributed by atoms with Crippen LogP contribution in [0.25, 0.3) is 22.4 Å². The lowest BCUT2D eigenvalue weighted by molar-refractivity contribution is 0.0996. The van der Waals surface area contributed by atoms with Gasteiger partial charge in [-0.3, -0.25) is 4.79 Å². The van der Waals surface area contributed by atoms with Crippen LogP contribution < -0.4 is 15.5 Å². The summed E-state index contributed by atoms with van der Waals surface area (Å²) in [6.45, 7) is 3.45. The molecule has 0 bridgehead atoms. The summed E-state index contributed by atoms with van der Waals surface area (Å²) in [4.78, 5) is 19.5. The molecule has 2 aromatic carbocycles. The van der Waals surface area contributed by atoms with E-state index in [-0.39, 0.29) is 46.6 Å². The fourth-order valence-corrected chi connectivity index (χ4v) is 4.21. The molecule has 1 fully saturated rings. The zero-order valence-electron chi connectivity index (χ0n) is 19.6. The summed E-state index contributed by atoms with van der Waals surface area (Å²) >= 11 is 0. The first kappa shape index (κ1) is 25.7. The number of rotatable bonds is 5. The molecule has 8 nitrogen and oxygen atoms in total. The van der Waals surface area contributed by atoms with E-state index in [2.05, 4.69) is 26.6 Å². The number of amides is 1. The number of hydrogen-bond acceptors (Lipinski definition) is 7. The van der Waals surface area contributed by atoms with Gasteiger partial charge in [0.05, 0.1) is 12.0 Å². The smallest absolute Gasteiger partial charge is 0.292 e. The van der Waals surface area contributed by atoms with Crippen LogP contribution in [0.1, 0.15) is 16.1 Å². The van der Waals surface area contributed by atoms with Crippen molar-refractivity contribution in [1.29, 1.82) is 5.26 Å². The number of furan rings is 1. The molecule has 0 spiro atoms. The number of carbonyl (C=O) groups is 1. The Kier molecular flexibility index (Phi) is 7.72. The number of phenols is 1. The van der Waals surface area contributed by atoms with Crippen LogP contribution in [0.4, 0.5) is 15.9 Å². The zero-order valence-corrected chi connectivity index (χ0v) is 20.4. The van der Waals surface area contributed by atoms with E-state index in [1.54, 1.807) is 12.1 Å². The minimum atomic E-state index is -0.597. The molecule has 1 aliphatic heterocycles. The van der Waals surface area contributed by atoms with E-state index in [1.165, 1.54) is 24.5 Å². The van der Waals surface area contributed by atoms with Gasteiger partial charge >= 0.3 is 0 Å². The zero-order chi connectivity index (χ0) is 25.1. The van der Waals surface area contributed by atoms with Crippen molar-refractivity contribution in [2.75, 3.05) is 36.4 Å². The van der Waals surface area contributed by atoms with Crippen LogP contribution >= 0.6 is 12.4 Å². The van der Waals surface area contributed by atoms with E-state index >= 15 is 0 Å². The third-order valence-electron chi connectivity index (χ3n) is 5.98. The predicted octanol–water partition coefficient (Wildman–Crippen LogP) is 4.81. The van der Waals surface area contributed by atoms with Crippen molar-refractivity contribution in [1.82, 2.24) is 10.3 Å². The van der Waals surface area contributed by atoms with Gasteiger partial charge in [-0.25, -0.2) is 9.37 Å². The van der Waals surface area contributed by atoms with Crippen molar-refractivity contribution in [3.05, 3.63) is 84.1 Å². The van der Waals surface area contributed by atoms with Gasteiger partial charge in [-0.1, -0.05) is 12.1 Å². The molecule has 1 saturated heterocycles. The number of halogens is 2. The Morgan fingerprint density at radius 1 is 1.11 bits per heavy atom. The number of nitrogens with zero attached hydrogens (tertiary/aromatic N) is 3. The molecule has 5 rings (SSSR count). The standard InChI is InChI=1S/C27H22FN5O3.ClH/c28-18-6-7-20(24(34)14-18)23-15-21(17-3-1-4-19(13-17)33-10-8-30-9-11-33)22(16-29)26(31-23)32-27(35)25-5-2-12-36-25;/h1-7,12-15,30,34H,8-11H2,(H,31,32,35);1H. The molecule has 0 saturated carbocycles. The first-order valence-corrected chi connectivity index (χ1v) is 11.4. The van der Waals surface area contributed by atoms with Crippen LogP contribution in [0.3, 0.4) is 0 Å². The highest BCUT2D eigenvalue weighted by Crippen LogP contribution is 2.37. The fraction of sp³-hybridized carbons (Fsp3) is 0.148. The quantitative estimate of drug-likeness (QED) is 0.346. The van der Waals surface area contributed by atoms with Crippen LogP contribution in [0, 0.1) is 17.1 Å². The number of hydrogen-bond donors (Lipinski definition) is 3. The van der Waals surface area contributed by atoms with Crippen molar-refractivity contribution >= 4 is 29.8 Å². The maximum absolute atomic E-state index is 13.7. The van der Waals surface area contributed by atoms with Gasteiger partial charge < -0.3 is 25.1 Å². The van der Waals surface area contributed by atoms with Crippen molar-refractivity contribution in [2.45, 2.75) is 0 Å². The van der Waals surface area contributed by atoms with E-state index in [4.69, 9.17) is 4.42 Å². The molecule has 0 unspecified atom stereocenters. The summed E-state index contributed by atoms with van der Waals surface area (Å²) in [5, 5.41) is 26.5. The average Bonchev–Trinajstić information content (AvgIpc) is 3.44. The molecule has 1 amide bonds. The minimum absolute atomic E-state index is 0. The highest BCUT2D eigenvalue weighted by molar-refractivity contribution is 6.03. The number of pyridine rings is 1. The SMILES string of the molecule is Cl.N#Cc1c(-c2cccc(N3CCNCC3)c2)cc(-c2ccc(F)cc2O)nc1NC(=O)c1ccco1. The molecule has 10 heteroatoms. The van der Waals surface area contributed by atoms with E-state index in [0.717, 1.165) is 43.5 Å². The Hall–Kier alpha value is -4.39. The molecule has 4 aromatic rings. The molecule has 37 heavy (non-hydrogen) atoms. The monoisotopic (exact) mass is 519 g/mol. The summed E-state index contributed by atoms with van der Waals surface area (Å²) in [5.74, 6) is -1.43. The minimum Gasteiger partial charge on any atom is -0.507 e. The highest BCUT2D eigenvalue weighted by Gasteiger charge is 2.21. The largest absolute Gasteiger partial charge is 0.507 e. The summed E-state index contributed by atoms with van der Waals surface area (Å²) in [5.41, 5.74) is 2.93. The lowest BCUT2D eigenvalue weighted by atomic mass is 9.97. The number of nitrogens with one attached hydrogen (secondary N) is 2. The van der Waals surface area contributed by atoms with Gasteiger partial charge in [0.2, 0.25) is 0 Å². The molecule has 1 aliphatic rings. The molecular formula is C27H23ClFN5O3. The second kappa shape index (κ2) is 11.1. The first-order chi connectivity index (χ1) is 17.5. The Morgan fingerprint density at radius 3 is 2.62 bits per heavy atom. The van der Waals surface area contributed by atoms with Crippen LogP contribution in [0.15, 0.2) is 71.3 Å². The molecule has 0 aliphatic carbocycles. The fourth-order valence-electron chi connectivity index (χ4n) is 4.21. The lowest BCUT2D eigenvalue weighted by Gasteiger charge is -2.29. The number of phenolic OH excluding ortho intramolecular Hbond substituents is 1. The number of aromatic hydroxyl groups is 1. The van der Waals surface area contributed by atoms with Gasteiger partial charge in [0.1, 0.15) is 23.2 Å². The van der Waals surface area contributed by atoms with E-state index in [0.29, 0.717) is 5.56 Å². The number of carbonyl (C=O) groups excluding carboxylic acids is 1. The number of benzene rings is 2. The van der Waals surface area contributed by atoms with Gasteiger partial charge in [0.15, 0.2) is 11.6 Å². The van der Waals surface area contributed by atoms with Crippen molar-refractivity contribution < 1.29 is 18.7 Å². The predicted molar refractivity (Wildman–Crippen MR) is 140 cm³/mol. The van der Waals surface area contributed by atoms with Gasteiger partial charge in [-0.15, -0.1) is 12.4 Å². The van der Waals surface area contributed by atoms with E-state index in [1.807, 2.05) is 24.3 Å². The van der Waals surface area contributed by atoms with Crippen LogP contribution in [-0.4, -0.2) is 42.2 Å². The van der Waals surface area contributed by atoms with Crippen LogP contribution in [-0.2, 0) is 0 Å². The third kappa shape index (κ3) is 5.40. The third-order valence-corrected chi connectivity index (χ3v) is 5.98. The highest BCUT2D eigenvalue weighted by atomic mass is 35.5. The first-order valence-electron chi connectivity index (χ1n) is 11.4. The maximum atomic E-state index is 13.7. The normalized spacial score (nSPS) is 12.9. The van der Waals surface area contributed by atoms with Crippen molar-refractivity contribution in [3.8, 4) is 34.2 Å². The average molecular weight is 520 g/mol. The van der Waals surface area contributed by atoms with Gasteiger partial charge in [-0.2, -0.15) is 5.26 Å². The summed E-state index contributed by atoms with van der Waals surface area (Å²) in [7, 11) is 0. The maximum Gasteiger partial charge on any atom is 0.292 e. The second-order valence-corrected chi connectivity index (χ2v) is 8.27. The molecule has 0 radical (unpaired) electrons. The molecule has 0 atom stereocenters. The van der Waals surface area contributed by atoms with Crippen LogP contribution in [0.5, 0.6) is 5.75 Å². The molecule has 2 aromatic heterocycles. The van der Waals surface area contributed by atoms with Gasteiger partial charge in [-0.05, 0) is 48.0 Å². The summed E-state index contributed by atoms with van der Waals surface area (Å²) in [6.07, 6.45) is 1.37. The Bertz CT molecular complexity index is 1460. The van der Waals surface area contributed by atoms with Crippen molar-refractivity contribution in [3.63, 3.8) is 0 Å². The van der Waals surface area contributed by atoms with Gasteiger partial charge in [0.25, 0.3) is 5.91 Å². The Labute approximate surface area is 218 Å². The molecule has 3 heterocycles. The van der Waals surface area contributed by atoms with E-state index < -0.39 is 11.7 Å². The summed E-state index contributed by atoms with van der Waals surface area (Å²) in [6, 6.07) is 18.3. The number of aromatic nitrogens is 1. The molecular weight excluding hydrogens is 497 g/mol. The second-order valence-electron chi connectivity index (χ2n) is 8.27. The van der Waals surface area contributed by atoms with Gasteiger partial charge in [0, 0.05) is 49.1 Å². The molecule has 3 N–H and O–H groups in total. The van der Waals surface area contributed by atoms with Crippen molar-refractivity contribution in [2.24, 2.45) is 0 Å². The number of anilines is 2. The summed E-state index contributed by atoms with van der Waals surface area (Å²) < 4.78 is 18.8. The number of nitriles is 1. The Balaban J connectivity index is 0.00000320.